The van der Waals surface area contributed by atoms with E-state index in [0.717, 1.165) is 47.2 Å². The molecule has 3 heterocycles. The maximum absolute atomic E-state index is 13.7. The zero-order valence-electron chi connectivity index (χ0n) is 16.5. The van der Waals surface area contributed by atoms with Gasteiger partial charge in [0.1, 0.15) is 5.57 Å². The zero-order valence-corrected chi connectivity index (χ0v) is 17.3. The lowest BCUT2D eigenvalue weighted by Crippen LogP contribution is -2.13. The van der Waals surface area contributed by atoms with Crippen molar-refractivity contribution in [2.75, 3.05) is 0 Å². The Hall–Kier alpha value is -2.33. The SMILES string of the molecule is CCC=[N+]1C=C(C(=O)C(=Cc2ccsc2C)C(CC)CC)c2cnccc21. The second kappa shape index (κ2) is 8.57. The van der Waals surface area contributed by atoms with Crippen LogP contribution in [0.4, 0.5) is 5.69 Å². The molecule has 0 radical (unpaired) electrons. The van der Waals surface area contributed by atoms with Crippen LogP contribution in [0, 0.1) is 12.8 Å². The minimum Gasteiger partial charge on any atom is -0.289 e. The van der Waals surface area contributed by atoms with Crippen molar-refractivity contribution >= 4 is 40.7 Å². The molecule has 0 bridgehead atoms. The first-order chi connectivity index (χ1) is 13.1. The fraction of sp³-hybridized carbons (Fsp3) is 0.348. The predicted octanol–water partition coefficient (Wildman–Crippen LogP) is 6.02. The highest BCUT2D eigenvalue weighted by Gasteiger charge is 2.33. The predicted molar refractivity (Wildman–Crippen MR) is 115 cm³/mol. The number of Topliss-reactive ketones (excluding diaryl/α,β-unsaturated/α-hetero) is 1. The molecule has 1 aliphatic rings. The van der Waals surface area contributed by atoms with Crippen molar-refractivity contribution in [1.82, 2.24) is 4.98 Å². The summed E-state index contributed by atoms with van der Waals surface area (Å²) in [6.45, 7) is 8.53. The number of fused-ring (bicyclic) bond motifs is 1. The summed E-state index contributed by atoms with van der Waals surface area (Å²) in [5.41, 5.74) is 4.75. The lowest BCUT2D eigenvalue weighted by atomic mass is 9.85. The molecular formula is C23H27N2OS+. The number of allylic oxidation sites excluding steroid dienone is 2. The maximum atomic E-state index is 13.7. The van der Waals surface area contributed by atoms with Crippen molar-refractivity contribution in [1.29, 1.82) is 0 Å². The summed E-state index contributed by atoms with van der Waals surface area (Å²) in [7, 11) is 0. The molecule has 0 saturated heterocycles. The van der Waals surface area contributed by atoms with Crippen LogP contribution in [0.25, 0.3) is 11.6 Å². The second-order valence-electron chi connectivity index (χ2n) is 6.81. The van der Waals surface area contributed by atoms with E-state index in [9.17, 15) is 4.79 Å². The Morgan fingerprint density at radius 1 is 1.26 bits per heavy atom. The van der Waals surface area contributed by atoms with Gasteiger partial charge in [-0.3, -0.25) is 9.78 Å². The van der Waals surface area contributed by atoms with Crippen LogP contribution in [0.1, 0.15) is 56.0 Å². The number of ketones is 1. The van der Waals surface area contributed by atoms with E-state index in [0.29, 0.717) is 0 Å². The summed E-state index contributed by atoms with van der Waals surface area (Å²) >= 11 is 1.72. The molecule has 0 aromatic carbocycles. The van der Waals surface area contributed by atoms with E-state index in [1.807, 2.05) is 18.5 Å². The molecule has 0 fully saturated rings. The average Bonchev–Trinajstić information content (AvgIpc) is 3.25. The lowest BCUT2D eigenvalue weighted by Gasteiger charge is -2.16. The first-order valence-corrected chi connectivity index (χ1v) is 10.6. The topological polar surface area (TPSA) is 33.0 Å². The molecule has 1 aliphatic heterocycles. The van der Waals surface area contributed by atoms with Crippen LogP contribution in [0.5, 0.6) is 0 Å². The highest BCUT2D eigenvalue weighted by molar-refractivity contribution is 7.10. The standard InChI is InChI=1S/C23H27N2OS/c1-5-11-25-15-21(20-14-24-10-8-22(20)25)23(26)19(17(6-2)7-3)13-18-9-12-27-16(18)4/h8-15,17H,5-7H2,1-4H3/q+1. The van der Waals surface area contributed by atoms with Crippen molar-refractivity contribution in [3.63, 3.8) is 0 Å². The van der Waals surface area contributed by atoms with E-state index in [-0.39, 0.29) is 11.7 Å². The molecule has 0 saturated carbocycles. The van der Waals surface area contributed by atoms with Gasteiger partial charge < -0.3 is 0 Å². The molecular weight excluding hydrogens is 352 g/mol. The summed E-state index contributed by atoms with van der Waals surface area (Å²) in [6, 6.07) is 4.08. The van der Waals surface area contributed by atoms with Crippen LogP contribution in [-0.4, -0.2) is 21.6 Å². The minimum absolute atomic E-state index is 0.121. The molecule has 0 aliphatic carbocycles. The molecule has 3 nitrogen and oxygen atoms in total. The van der Waals surface area contributed by atoms with E-state index >= 15 is 0 Å². The number of carbonyl (C=O) groups excluding carboxylic acids is 1. The molecule has 0 N–H and O–H groups in total. The van der Waals surface area contributed by atoms with Crippen LogP contribution in [0.15, 0.2) is 41.7 Å². The van der Waals surface area contributed by atoms with Gasteiger partial charge in [0.25, 0.3) is 0 Å². The van der Waals surface area contributed by atoms with Crippen LogP contribution < -0.4 is 0 Å². The Morgan fingerprint density at radius 3 is 2.67 bits per heavy atom. The van der Waals surface area contributed by atoms with E-state index in [1.54, 1.807) is 17.5 Å². The Morgan fingerprint density at radius 2 is 2.04 bits per heavy atom. The Kier molecular flexibility index (Phi) is 6.17. The lowest BCUT2D eigenvalue weighted by molar-refractivity contribution is -0.350. The first kappa shape index (κ1) is 19.4. The van der Waals surface area contributed by atoms with Gasteiger partial charge in [-0.2, -0.15) is 4.58 Å². The minimum atomic E-state index is 0.121. The van der Waals surface area contributed by atoms with Gasteiger partial charge in [-0.05, 0) is 48.8 Å². The summed E-state index contributed by atoms with van der Waals surface area (Å²) in [6.07, 6.45) is 12.6. The summed E-state index contributed by atoms with van der Waals surface area (Å²) < 4.78 is 2.06. The Labute approximate surface area is 165 Å². The van der Waals surface area contributed by atoms with E-state index in [2.05, 4.69) is 61.0 Å². The molecule has 2 aromatic rings. The van der Waals surface area contributed by atoms with Gasteiger partial charge in [0.2, 0.25) is 5.69 Å². The normalized spacial score (nSPS) is 15.4. The molecule has 4 heteroatoms. The number of thiophene rings is 1. The van der Waals surface area contributed by atoms with Crippen molar-refractivity contribution in [2.24, 2.45) is 5.92 Å². The molecule has 140 valence electrons. The van der Waals surface area contributed by atoms with E-state index in [4.69, 9.17) is 0 Å². The monoisotopic (exact) mass is 379 g/mol. The van der Waals surface area contributed by atoms with Crippen LogP contribution in [0.3, 0.4) is 0 Å². The van der Waals surface area contributed by atoms with E-state index in [1.165, 1.54) is 4.88 Å². The number of rotatable bonds is 7. The maximum Gasteiger partial charge on any atom is 0.221 e. The fourth-order valence-electron chi connectivity index (χ4n) is 3.59. The van der Waals surface area contributed by atoms with Gasteiger partial charge in [-0.15, -0.1) is 11.3 Å². The Bertz CT molecular complexity index is 929. The van der Waals surface area contributed by atoms with E-state index < -0.39 is 0 Å². The number of hydrogen-bond donors (Lipinski definition) is 0. The quantitative estimate of drug-likeness (QED) is 0.435. The molecule has 0 atom stereocenters. The van der Waals surface area contributed by atoms with Crippen LogP contribution >= 0.6 is 11.3 Å². The third-order valence-electron chi connectivity index (χ3n) is 5.16. The summed E-state index contributed by atoms with van der Waals surface area (Å²) in [4.78, 5) is 19.2. The van der Waals surface area contributed by atoms with Crippen molar-refractivity contribution in [3.05, 3.63) is 57.7 Å². The second-order valence-corrected chi connectivity index (χ2v) is 7.93. The third kappa shape index (κ3) is 3.86. The molecule has 2 aromatic heterocycles. The number of nitrogens with zero attached hydrogens (tertiary/aromatic N) is 2. The molecule has 0 spiro atoms. The number of hydrogen-bond acceptors (Lipinski definition) is 3. The largest absolute Gasteiger partial charge is 0.289 e. The van der Waals surface area contributed by atoms with Crippen molar-refractivity contribution in [2.45, 2.75) is 47.0 Å². The molecule has 27 heavy (non-hydrogen) atoms. The first-order valence-electron chi connectivity index (χ1n) is 9.68. The number of pyridine rings is 1. The summed E-state index contributed by atoms with van der Waals surface area (Å²) in [5.74, 6) is 0.373. The van der Waals surface area contributed by atoms with Crippen LogP contribution in [0.2, 0.25) is 0 Å². The number of aryl methyl sites for hydroxylation is 1. The highest BCUT2D eigenvalue weighted by atomic mass is 32.1. The van der Waals surface area contributed by atoms with Gasteiger partial charge in [-0.25, -0.2) is 0 Å². The van der Waals surface area contributed by atoms with Crippen molar-refractivity contribution in [3.8, 4) is 0 Å². The van der Waals surface area contributed by atoms with Gasteiger partial charge >= 0.3 is 0 Å². The van der Waals surface area contributed by atoms with Gasteiger partial charge in [0.15, 0.2) is 18.2 Å². The van der Waals surface area contributed by atoms with Gasteiger partial charge in [-0.1, -0.05) is 20.8 Å². The number of aromatic nitrogens is 1. The molecule has 0 unspecified atom stereocenters. The van der Waals surface area contributed by atoms with Gasteiger partial charge in [0.05, 0.1) is 5.56 Å². The summed E-state index contributed by atoms with van der Waals surface area (Å²) in [5, 5.41) is 2.09. The smallest absolute Gasteiger partial charge is 0.221 e. The fourth-order valence-corrected chi connectivity index (χ4v) is 4.27. The molecule has 0 amide bonds. The van der Waals surface area contributed by atoms with Crippen LogP contribution in [-0.2, 0) is 4.79 Å². The zero-order chi connectivity index (χ0) is 19.4. The third-order valence-corrected chi connectivity index (χ3v) is 6.02. The molecule has 3 rings (SSSR count). The Balaban J connectivity index is 2.10. The number of carbonyl (C=O) groups is 1. The average molecular weight is 380 g/mol. The highest BCUT2D eigenvalue weighted by Crippen LogP contribution is 2.37. The van der Waals surface area contributed by atoms with Crippen molar-refractivity contribution < 1.29 is 9.37 Å². The van der Waals surface area contributed by atoms with Gasteiger partial charge in [0, 0.05) is 35.3 Å².